The lowest BCUT2D eigenvalue weighted by atomic mass is 9.80. The first-order chi connectivity index (χ1) is 9.20. The van der Waals surface area contributed by atoms with E-state index in [1.165, 1.54) is 0 Å². The Bertz CT molecular complexity index is 412. The SMILES string of the molecule is COC[C@H]1CC[C@H]1NC(=O)N(C)Cc1cnccn1. The van der Waals surface area contributed by atoms with Crippen molar-refractivity contribution in [3.8, 4) is 0 Å². The van der Waals surface area contributed by atoms with Crippen LogP contribution in [0.2, 0.25) is 0 Å². The minimum absolute atomic E-state index is 0.0727. The zero-order valence-corrected chi connectivity index (χ0v) is 11.4. The topological polar surface area (TPSA) is 67.3 Å². The van der Waals surface area contributed by atoms with E-state index in [-0.39, 0.29) is 12.1 Å². The normalized spacial score (nSPS) is 21.6. The molecule has 6 heteroatoms. The Morgan fingerprint density at radius 3 is 2.95 bits per heavy atom. The molecule has 1 saturated carbocycles. The summed E-state index contributed by atoms with van der Waals surface area (Å²) >= 11 is 0. The van der Waals surface area contributed by atoms with Gasteiger partial charge in [0, 0.05) is 38.5 Å². The summed E-state index contributed by atoms with van der Waals surface area (Å²) in [4.78, 5) is 21.8. The molecule has 1 aromatic heterocycles. The molecule has 1 N–H and O–H groups in total. The molecule has 2 atom stereocenters. The number of carbonyl (C=O) groups is 1. The summed E-state index contributed by atoms with van der Waals surface area (Å²) in [5.41, 5.74) is 0.780. The molecule has 2 rings (SSSR count). The van der Waals surface area contributed by atoms with E-state index in [0.717, 1.165) is 18.5 Å². The Hall–Kier alpha value is -1.69. The molecule has 6 nitrogen and oxygen atoms in total. The third kappa shape index (κ3) is 3.64. The van der Waals surface area contributed by atoms with Crippen LogP contribution >= 0.6 is 0 Å². The number of rotatable bonds is 5. The van der Waals surface area contributed by atoms with Crippen LogP contribution in [-0.4, -0.2) is 47.7 Å². The third-order valence-electron chi connectivity index (χ3n) is 3.47. The van der Waals surface area contributed by atoms with E-state index in [2.05, 4.69) is 15.3 Å². The number of nitrogens with one attached hydrogen (secondary N) is 1. The zero-order valence-electron chi connectivity index (χ0n) is 11.4. The molecule has 1 aromatic rings. The number of hydrogen-bond donors (Lipinski definition) is 1. The average molecular weight is 264 g/mol. The highest BCUT2D eigenvalue weighted by molar-refractivity contribution is 5.74. The molecule has 0 spiro atoms. The summed E-state index contributed by atoms with van der Waals surface area (Å²) in [6.07, 6.45) is 7.06. The lowest BCUT2D eigenvalue weighted by Crippen LogP contribution is -2.51. The molecule has 0 unspecified atom stereocenters. The van der Waals surface area contributed by atoms with E-state index in [0.29, 0.717) is 19.1 Å². The van der Waals surface area contributed by atoms with Gasteiger partial charge in [0.25, 0.3) is 0 Å². The minimum Gasteiger partial charge on any atom is -0.384 e. The first kappa shape index (κ1) is 13.7. The van der Waals surface area contributed by atoms with Crippen LogP contribution < -0.4 is 5.32 Å². The average Bonchev–Trinajstić information content (AvgIpc) is 2.41. The fourth-order valence-corrected chi connectivity index (χ4v) is 2.17. The number of nitrogens with zero attached hydrogens (tertiary/aromatic N) is 3. The molecule has 0 aliphatic heterocycles. The summed E-state index contributed by atoms with van der Waals surface area (Å²) in [5, 5.41) is 3.03. The summed E-state index contributed by atoms with van der Waals surface area (Å²) in [6, 6.07) is 0.160. The molecule has 1 fully saturated rings. The van der Waals surface area contributed by atoms with Gasteiger partial charge in [0.15, 0.2) is 0 Å². The molecule has 1 heterocycles. The summed E-state index contributed by atoms with van der Waals surface area (Å²) in [6.45, 7) is 1.17. The number of methoxy groups -OCH3 is 1. The Morgan fingerprint density at radius 1 is 1.53 bits per heavy atom. The van der Waals surface area contributed by atoms with Gasteiger partial charge < -0.3 is 15.0 Å². The molecular weight excluding hydrogens is 244 g/mol. The molecule has 1 aliphatic rings. The van der Waals surface area contributed by atoms with E-state index in [9.17, 15) is 4.79 Å². The van der Waals surface area contributed by atoms with Crippen molar-refractivity contribution < 1.29 is 9.53 Å². The highest BCUT2D eigenvalue weighted by Gasteiger charge is 2.32. The number of amides is 2. The lowest BCUT2D eigenvalue weighted by Gasteiger charge is -2.37. The van der Waals surface area contributed by atoms with Gasteiger partial charge in [0.2, 0.25) is 0 Å². The maximum atomic E-state index is 12.0. The van der Waals surface area contributed by atoms with Gasteiger partial charge in [-0.2, -0.15) is 0 Å². The second kappa shape index (κ2) is 6.47. The lowest BCUT2D eigenvalue weighted by molar-refractivity contribution is 0.0802. The second-order valence-electron chi connectivity index (χ2n) is 4.90. The Labute approximate surface area is 113 Å². The van der Waals surface area contributed by atoms with Gasteiger partial charge in [-0.05, 0) is 12.8 Å². The van der Waals surface area contributed by atoms with E-state index in [1.54, 1.807) is 37.6 Å². The first-order valence-electron chi connectivity index (χ1n) is 6.46. The van der Waals surface area contributed by atoms with Gasteiger partial charge in [-0.15, -0.1) is 0 Å². The monoisotopic (exact) mass is 264 g/mol. The molecular formula is C13H20N4O2. The van der Waals surface area contributed by atoms with Crippen LogP contribution in [0.4, 0.5) is 4.79 Å². The van der Waals surface area contributed by atoms with Gasteiger partial charge in [-0.25, -0.2) is 4.79 Å². The van der Waals surface area contributed by atoms with E-state index in [4.69, 9.17) is 4.74 Å². The Kier molecular flexibility index (Phi) is 4.68. The smallest absolute Gasteiger partial charge is 0.317 e. The first-order valence-corrected chi connectivity index (χ1v) is 6.46. The quantitative estimate of drug-likeness (QED) is 0.863. The van der Waals surface area contributed by atoms with Crippen molar-refractivity contribution >= 4 is 6.03 Å². The van der Waals surface area contributed by atoms with Gasteiger partial charge in [0.05, 0.1) is 25.0 Å². The van der Waals surface area contributed by atoms with Crippen LogP contribution in [0.5, 0.6) is 0 Å². The molecule has 1 aliphatic carbocycles. The van der Waals surface area contributed by atoms with Gasteiger partial charge in [-0.1, -0.05) is 0 Å². The third-order valence-corrected chi connectivity index (χ3v) is 3.47. The molecule has 0 radical (unpaired) electrons. The predicted molar refractivity (Wildman–Crippen MR) is 70.4 cm³/mol. The van der Waals surface area contributed by atoms with Crippen molar-refractivity contribution in [2.75, 3.05) is 20.8 Å². The minimum atomic E-state index is -0.0727. The van der Waals surface area contributed by atoms with E-state index in [1.807, 2.05) is 0 Å². The number of hydrogen-bond acceptors (Lipinski definition) is 4. The summed E-state index contributed by atoms with van der Waals surface area (Å²) in [7, 11) is 3.45. The van der Waals surface area contributed by atoms with Crippen molar-refractivity contribution in [1.29, 1.82) is 0 Å². The predicted octanol–water partition coefficient (Wildman–Crippen LogP) is 1.04. The standard InChI is InChI=1S/C13H20N4O2/c1-17(8-11-7-14-5-6-15-11)13(18)16-12-4-3-10(12)9-19-2/h5-7,10,12H,3-4,8-9H2,1-2H3,(H,16,18)/t10-,12-/m1/s1. The zero-order chi connectivity index (χ0) is 13.7. The fourth-order valence-electron chi connectivity index (χ4n) is 2.17. The molecule has 19 heavy (non-hydrogen) atoms. The van der Waals surface area contributed by atoms with Crippen molar-refractivity contribution in [2.24, 2.45) is 5.92 Å². The number of aromatic nitrogens is 2. The van der Waals surface area contributed by atoms with Gasteiger partial charge >= 0.3 is 6.03 Å². The van der Waals surface area contributed by atoms with Crippen LogP contribution in [0, 0.1) is 5.92 Å². The van der Waals surface area contributed by atoms with Crippen LogP contribution in [0.1, 0.15) is 18.5 Å². The van der Waals surface area contributed by atoms with Gasteiger partial charge in [0.1, 0.15) is 0 Å². The molecule has 2 amide bonds. The fraction of sp³-hybridized carbons (Fsp3) is 0.615. The number of ether oxygens (including phenoxy) is 1. The van der Waals surface area contributed by atoms with Crippen LogP contribution in [0.3, 0.4) is 0 Å². The maximum absolute atomic E-state index is 12.0. The van der Waals surface area contributed by atoms with Crippen molar-refractivity contribution in [2.45, 2.75) is 25.4 Å². The second-order valence-corrected chi connectivity index (χ2v) is 4.90. The van der Waals surface area contributed by atoms with Crippen LogP contribution in [-0.2, 0) is 11.3 Å². The number of carbonyl (C=O) groups excluding carboxylic acids is 1. The van der Waals surface area contributed by atoms with E-state index >= 15 is 0 Å². The Morgan fingerprint density at radius 2 is 2.37 bits per heavy atom. The highest BCUT2D eigenvalue weighted by Crippen LogP contribution is 2.27. The molecule has 0 aromatic carbocycles. The number of urea groups is 1. The van der Waals surface area contributed by atoms with Crippen molar-refractivity contribution in [1.82, 2.24) is 20.2 Å². The molecule has 104 valence electrons. The van der Waals surface area contributed by atoms with Crippen LogP contribution in [0.15, 0.2) is 18.6 Å². The molecule has 0 bridgehead atoms. The maximum Gasteiger partial charge on any atom is 0.317 e. The largest absolute Gasteiger partial charge is 0.384 e. The highest BCUT2D eigenvalue weighted by atomic mass is 16.5. The Balaban J connectivity index is 1.80. The molecule has 0 saturated heterocycles. The van der Waals surface area contributed by atoms with Crippen molar-refractivity contribution in [3.05, 3.63) is 24.3 Å². The summed E-state index contributed by atoms with van der Waals surface area (Å²) in [5.74, 6) is 0.443. The van der Waals surface area contributed by atoms with Crippen LogP contribution in [0.25, 0.3) is 0 Å². The van der Waals surface area contributed by atoms with Gasteiger partial charge in [-0.3, -0.25) is 9.97 Å². The van der Waals surface area contributed by atoms with Crippen molar-refractivity contribution in [3.63, 3.8) is 0 Å². The summed E-state index contributed by atoms with van der Waals surface area (Å²) < 4.78 is 5.13. The van der Waals surface area contributed by atoms with E-state index < -0.39 is 0 Å².